The van der Waals surface area contributed by atoms with Gasteiger partial charge in [0.2, 0.25) is 0 Å². The Hall–Kier alpha value is -2.43. The van der Waals surface area contributed by atoms with Crippen molar-refractivity contribution in [1.29, 1.82) is 0 Å². The van der Waals surface area contributed by atoms with Crippen LogP contribution in [0.1, 0.15) is 27.9 Å². The van der Waals surface area contributed by atoms with Gasteiger partial charge in [-0.15, -0.1) is 0 Å². The van der Waals surface area contributed by atoms with E-state index in [2.05, 4.69) is 28.5 Å². The summed E-state index contributed by atoms with van der Waals surface area (Å²) in [6.45, 7) is 7.99. The monoisotopic (exact) mass is 285 g/mol. The van der Waals surface area contributed by atoms with Crippen LogP contribution in [0.15, 0.2) is 24.4 Å². The van der Waals surface area contributed by atoms with Crippen molar-refractivity contribution >= 4 is 11.4 Å². The van der Waals surface area contributed by atoms with Gasteiger partial charge in [-0.3, -0.25) is 15.1 Å². The Kier molecular flexibility index (Phi) is 4.21. The predicted octanol–water partition coefficient (Wildman–Crippen LogP) is 3.84. The highest BCUT2D eigenvalue weighted by molar-refractivity contribution is 5.54. The molecule has 2 rings (SSSR count). The van der Waals surface area contributed by atoms with Crippen molar-refractivity contribution < 1.29 is 4.92 Å². The molecule has 2 aromatic rings. The van der Waals surface area contributed by atoms with Gasteiger partial charge in [-0.2, -0.15) is 0 Å². The van der Waals surface area contributed by atoms with Crippen LogP contribution in [0, 0.1) is 37.8 Å². The molecule has 5 nitrogen and oxygen atoms in total. The van der Waals surface area contributed by atoms with Crippen LogP contribution >= 0.6 is 0 Å². The van der Waals surface area contributed by atoms with Gasteiger partial charge < -0.3 is 5.32 Å². The lowest BCUT2D eigenvalue weighted by Crippen LogP contribution is -2.08. The molecule has 0 fully saturated rings. The second-order valence-electron chi connectivity index (χ2n) is 5.29. The van der Waals surface area contributed by atoms with E-state index in [4.69, 9.17) is 0 Å². The number of benzene rings is 1. The van der Waals surface area contributed by atoms with E-state index < -0.39 is 0 Å². The maximum Gasteiger partial charge on any atom is 0.278 e. The fourth-order valence-corrected chi connectivity index (χ4v) is 2.33. The van der Waals surface area contributed by atoms with E-state index in [1.54, 1.807) is 20.0 Å². The van der Waals surface area contributed by atoms with Crippen LogP contribution in [0.2, 0.25) is 0 Å². The summed E-state index contributed by atoms with van der Waals surface area (Å²) in [4.78, 5) is 15.1. The number of nitrogens with zero attached hydrogens (tertiary/aromatic N) is 2. The van der Waals surface area contributed by atoms with Gasteiger partial charge in [0.15, 0.2) is 0 Å². The van der Waals surface area contributed by atoms with Crippen LogP contribution in [0.4, 0.5) is 11.4 Å². The molecule has 1 N–H and O–H groups in total. The van der Waals surface area contributed by atoms with Gasteiger partial charge in [0.05, 0.1) is 22.7 Å². The zero-order chi connectivity index (χ0) is 15.6. The highest BCUT2D eigenvalue weighted by Gasteiger charge is 2.18. The van der Waals surface area contributed by atoms with Gasteiger partial charge in [-0.1, -0.05) is 12.1 Å². The average Bonchev–Trinajstić information content (AvgIpc) is 2.41. The molecule has 1 heterocycles. The van der Waals surface area contributed by atoms with Crippen molar-refractivity contribution in [3.05, 3.63) is 62.5 Å². The van der Waals surface area contributed by atoms with Gasteiger partial charge in [-0.25, -0.2) is 0 Å². The van der Waals surface area contributed by atoms with Crippen LogP contribution < -0.4 is 5.32 Å². The number of nitrogens with one attached hydrogen (secondary N) is 1. The number of aromatic nitrogens is 1. The molecule has 0 aliphatic carbocycles. The quantitative estimate of drug-likeness (QED) is 0.684. The average molecular weight is 285 g/mol. The van der Waals surface area contributed by atoms with Gasteiger partial charge in [0.25, 0.3) is 5.69 Å². The minimum absolute atomic E-state index is 0.155. The summed E-state index contributed by atoms with van der Waals surface area (Å²) in [7, 11) is 0. The van der Waals surface area contributed by atoms with Gasteiger partial charge >= 0.3 is 0 Å². The molecule has 21 heavy (non-hydrogen) atoms. The molecule has 0 aliphatic heterocycles. The van der Waals surface area contributed by atoms with Crippen LogP contribution in [0.5, 0.6) is 0 Å². The molecule has 0 spiro atoms. The molecular formula is C16H19N3O2. The lowest BCUT2D eigenvalue weighted by atomic mass is 10.1. The van der Waals surface area contributed by atoms with Crippen LogP contribution in [-0.2, 0) is 6.54 Å². The fourth-order valence-electron chi connectivity index (χ4n) is 2.33. The first-order valence-electron chi connectivity index (χ1n) is 6.80. The Morgan fingerprint density at radius 2 is 1.90 bits per heavy atom. The number of pyridine rings is 1. The Bertz CT molecular complexity index is 696. The predicted molar refractivity (Wildman–Crippen MR) is 83.6 cm³/mol. The normalized spacial score (nSPS) is 10.5. The molecular weight excluding hydrogens is 266 g/mol. The molecule has 1 aromatic heterocycles. The minimum Gasteiger partial charge on any atom is -0.379 e. The summed E-state index contributed by atoms with van der Waals surface area (Å²) in [5, 5.41) is 14.4. The first-order valence-corrected chi connectivity index (χ1v) is 6.80. The second kappa shape index (κ2) is 5.91. The SMILES string of the molecule is Cc1ccc(C)c(NCc2ncc(C)c([N+](=O)[O-])c2C)c1. The Morgan fingerprint density at radius 1 is 1.19 bits per heavy atom. The lowest BCUT2D eigenvalue weighted by Gasteiger charge is -2.12. The molecule has 1 aromatic carbocycles. The van der Waals surface area contributed by atoms with Crippen LogP contribution in [0.3, 0.4) is 0 Å². The Labute approximate surface area is 124 Å². The smallest absolute Gasteiger partial charge is 0.278 e. The Morgan fingerprint density at radius 3 is 2.57 bits per heavy atom. The number of hydrogen-bond donors (Lipinski definition) is 1. The van der Waals surface area contributed by atoms with Crippen molar-refractivity contribution in [2.45, 2.75) is 34.2 Å². The number of anilines is 1. The van der Waals surface area contributed by atoms with Crippen molar-refractivity contribution in [1.82, 2.24) is 4.98 Å². The summed E-state index contributed by atoms with van der Waals surface area (Å²) in [5.74, 6) is 0. The summed E-state index contributed by atoms with van der Waals surface area (Å²) in [5.41, 5.74) is 5.41. The third-order valence-electron chi connectivity index (χ3n) is 3.60. The van der Waals surface area contributed by atoms with Crippen molar-refractivity contribution in [3.63, 3.8) is 0 Å². The van der Waals surface area contributed by atoms with E-state index in [0.717, 1.165) is 11.3 Å². The third kappa shape index (κ3) is 3.18. The topological polar surface area (TPSA) is 68.1 Å². The molecule has 0 amide bonds. The lowest BCUT2D eigenvalue weighted by molar-refractivity contribution is -0.386. The first-order chi connectivity index (χ1) is 9.90. The largest absolute Gasteiger partial charge is 0.379 e. The van der Waals surface area contributed by atoms with E-state index in [1.165, 1.54) is 5.56 Å². The van der Waals surface area contributed by atoms with Crippen molar-refractivity contribution in [2.24, 2.45) is 0 Å². The van der Waals surface area contributed by atoms with Crippen molar-refractivity contribution in [3.8, 4) is 0 Å². The van der Waals surface area contributed by atoms with E-state index in [0.29, 0.717) is 23.4 Å². The number of hydrogen-bond acceptors (Lipinski definition) is 4. The van der Waals surface area contributed by atoms with Gasteiger partial charge in [0, 0.05) is 17.4 Å². The molecule has 5 heteroatoms. The molecule has 0 radical (unpaired) electrons. The molecule has 0 atom stereocenters. The zero-order valence-electron chi connectivity index (χ0n) is 12.7. The summed E-state index contributed by atoms with van der Waals surface area (Å²) < 4.78 is 0. The summed E-state index contributed by atoms with van der Waals surface area (Å²) in [6, 6.07) is 6.17. The Balaban J connectivity index is 2.27. The molecule has 0 unspecified atom stereocenters. The van der Waals surface area contributed by atoms with Crippen LogP contribution in [-0.4, -0.2) is 9.91 Å². The van der Waals surface area contributed by atoms with E-state index >= 15 is 0 Å². The van der Waals surface area contributed by atoms with E-state index in [1.807, 2.05) is 13.8 Å². The second-order valence-corrected chi connectivity index (χ2v) is 5.29. The van der Waals surface area contributed by atoms with Gasteiger partial charge in [0.1, 0.15) is 0 Å². The summed E-state index contributed by atoms with van der Waals surface area (Å²) in [6.07, 6.45) is 1.56. The maximum absolute atomic E-state index is 11.1. The standard InChI is InChI=1S/C16H19N3O2/c1-10-5-6-11(2)14(7-10)18-9-15-13(4)16(19(20)21)12(3)8-17-15/h5-8,18H,9H2,1-4H3. The number of rotatable bonds is 4. The van der Waals surface area contributed by atoms with Crippen LogP contribution in [0.25, 0.3) is 0 Å². The molecule has 110 valence electrons. The molecule has 0 aliphatic rings. The molecule has 0 saturated heterocycles. The van der Waals surface area contributed by atoms with Gasteiger partial charge in [-0.05, 0) is 44.9 Å². The highest BCUT2D eigenvalue weighted by atomic mass is 16.6. The number of nitro groups is 1. The molecule has 0 saturated carbocycles. The molecule has 0 bridgehead atoms. The highest BCUT2D eigenvalue weighted by Crippen LogP contribution is 2.25. The maximum atomic E-state index is 11.1. The van der Waals surface area contributed by atoms with E-state index in [9.17, 15) is 10.1 Å². The fraction of sp³-hybridized carbons (Fsp3) is 0.312. The minimum atomic E-state index is -0.340. The zero-order valence-corrected chi connectivity index (χ0v) is 12.7. The first kappa shape index (κ1) is 15.0. The summed E-state index contributed by atoms with van der Waals surface area (Å²) >= 11 is 0. The van der Waals surface area contributed by atoms with E-state index in [-0.39, 0.29) is 10.6 Å². The number of aryl methyl sites for hydroxylation is 3. The van der Waals surface area contributed by atoms with Crippen molar-refractivity contribution in [2.75, 3.05) is 5.32 Å². The third-order valence-corrected chi connectivity index (χ3v) is 3.60.